The van der Waals surface area contributed by atoms with E-state index in [9.17, 15) is 9.59 Å². The van der Waals surface area contributed by atoms with Gasteiger partial charge < -0.3 is 5.73 Å². The maximum atomic E-state index is 12.1. The molecular formula is C12H11N3O2. The molecule has 0 radical (unpaired) electrons. The van der Waals surface area contributed by atoms with E-state index in [-0.39, 0.29) is 12.3 Å². The normalized spacial score (nSPS) is 10.1. The van der Waals surface area contributed by atoms with Crippen molar-refractivity contribution < 1.29 is 9.59 Å². The SMILES string of the molecule is NC(=O)Cc1nccn1C(=O)c1ccccc1. The first-order chi connectivity index (χ1) is 8.18. The molecule has 2 rings (SSSR count). The maximum absolute atomic E-state index is 12.1. The molecule has 0 aliphatic carbocycles. The molecule has 0 aliphatic rings. The van der Waals surface area contributed by atoms with E-state index < -0.39 is 5.91 Å². The van der Waals surface area contributed by atoms with Gasteiger partial charge in [0.2, 0.25) is 5.91 Å². The van der Waals surface area contributed by atoms with Crippen LogP contribution < -0.4 is 5.73 Å². The Morgan fingerprint density at radius 1 is 1.24 bits per heavy atom. The molecule has 0 bridgehead atoms. The average molecular weight is 229 g/mol. The van der Waals surface area contributed by atoms with E-state index in [2.05, 4.69) is 4.98 Å². The van der Waals surface area contributed by atoms with Crippen LogP contribution in [-0.4, -0.2) is 21.4 Å². The summed E-state index contributed by atoms with van der Waals surface area (Å²) in [5.74, 6) is -0.385. The fourth-order valence-corrected chi connectivity index (χ4v) is 1.53. The minimum atomic E-state index is -0.515. The van der Waals surface area contributed by atoms with Crippen molar-refractivity contribution in [3.63, 3.8) is 0 Å². The number of nitrogens with zero attached hydrogens (tertiary/aromatic N) is 2. The number of carbonyl (C=O) groups is 2. The molecule has 1 heterocycles. The quantitative estimate of drug-likeness (QED) is 0.837. The minimum Gasteiger partial charge on any atom is -0.369 e. The second-order valence-electron chi connectivity index (χ2n) is 3.53. The van der Waals surface area contributed by atoms with E-state index in [0.29, 0.717) is 11.4 Å². The number of imidazole rings is 1. The number of carbonyl (C=O) groups excluding carboxylic acids is 2. The van der Waals surface area contributed by atoms with Crippen LogP contribution in [0.1, 0.15) is 16.2 Å². The second-order valence-corrected chi connectivity index (χ2v) is 3.53. The van der Waals surface area contributed by atoms with Crippen molar-refractivity contribution in [3.8, 4) is 0 Å². The number of rotatable bonds is 3. The summed E-state index contributed by atoms with van der Waals surface area (Å²) in [5.41, 5.74) is 5.63. The van der Waals surface area contributed by atoms with Gasteiger partial charge in [-0.25, -0.2) is 4.98 Å². The molecule has 2 aromatic rings. The lowest BCUT2D eigenvalue weighted by Gasteiger charge is -2.04. The number of hydrogen-bond donors (Lipinski definition) is 1. The topological polar surface area (TPSA) is 78.0 Å². The Hall–Kier alpha value is -2.43. The highest BCUT2D eigenvalue weighted by Gasteiger charge is 2.13. The molecule has 0 saturated carbocycles. The lowest BCUT2D eigenvalue weighted by Crippen LogP contribution is -2.20. The number of primary amides is 1. The monoisotopic (exact) mass is 229 g/mol. The zero-order chi connectivity index (χ0) is 12.3. The number of hydrogen-bond acceptors (Lipinski definition) is 3. The molecule has 2 N–H and O–H groups in total. The summed E-state index contributed by atoms with van der Waals surface area (Å²) >= 11 is 0. The van der Waals surface area contributed by atoms with E-state index in [1.807, 2.05) is 6.07 Å². The van der Waals surface area contributed by atoms with Gasteiger partial charge in [-0.05, 0) is 12.1 Å². The van der Waals surface area contributed by atoms with E-state index in [0.717, 1.165) is 0 Å². The molecule has 1 amide bonds. The van der Waals surface area contributed by atoms with Gasteiger partial charge in [0, 0.05) is 18.0 Å². The third-order valence-corrected chi connectivity index (χ3v) is 2.29. The lowest BCUT2D eigenvalue weighted by atomic mass is 10.2. The van der Waals surface area contributed by atoms with Crippen LogP contribution in [0.5, 0.6) is 0 Å². The van der Waals surface area contributed by atoms with Crippen LogP contribution >= 0.6 is 0 Å². The molecule has 5 heteroatoms. The Bertz CT molecular complexity index is 546. The van der Waals surface area contributed by atoms with Gasteiger partial charge in [-0.3, -0.25) is 14.2 Å². The van der Waals surface area contributed by atoms with E-state index in [1.54, 1.807) is 24.3 Å². The Kier molecular flexibility index (Phi) is 3.00. The summed E-state index contributed by atoms with van der Waals surface area (Å²) in [6.07, 6.45) is 2.94. The number of aromatic nitrogens is 2. The third kappa shape index (κ3) is 2.39. The predicted molar refractivity (Wildman–Crippen MR) is 61.3 cm³/mol. The number of amides is 1. The van der Waals surface area contributed by atoms with Gasteiger partial charge >= 0.3 is 0 Å². The average Bonchev–Trinajstić information content (AvgIpc) is 2.76. The van der Waals surface area contributed by atoms with Crippen LogP contribution in [0.4, 0.5) is 0 Å². The Labute approximate surface area is 97.9 Å². The van der Waals surface area contributed by atoms with Gasteiger partial charge in [-0.2, -0.15) is 0 Å². The molecule has 0 fully saturated rings. The zero-order valence-electron chi connectivity index (χ0n) is 9.04. The molecule has 1 aromatic carbocycles. The highest BCUT2D eigenvalue weighted by atomic mass is 16.2. The molecular weight excluding hydrogens is 218 g/mol. The number of nitrogens with two attached hydrogens (primary N) is 1. The summed E-state index contributed by atoms with van der Waals surface area (Å²) in [6, 6.07) is 8.79. The Balaban J connectivity index is 2.32. The first kappa shape index (κ1) is 11.1. The third-order valence-electron chi connectivity index (χ3n) is 2.29. The van der Waals surface area contributed by atoms with Crippen molar-refractivity contribution in [1.82, 2.24) is 9.55 Å². The van der Waals surface area contributed by atoms with Gasteiger partial charge in [-0.15, -0.1) is 0 Å². The van der Waals surface area contributed by atoms with Crippen LogP contribution in [0.3, 0.4) is 0 Å². The summed E-state index contributed by atoms with van der Waals surface area (Å²) < 4.78 is 1.33. The molecule has 0 saturated heterocycles. The molecule has 0 aliphatic heterocycles. The van der Waals surface area contributed by atoms with E-state index in [1.165, 1.54) is 17.0 Å². The van der Waals surface area contributed by atoms with Crippen LogP contribution in [0.25, 0.3) is 0 Å². The fourth-order valence-electron chi connectivity index (χ4n) is 1.53. The summed E-state index contributed by atoms with van der Waals surface area (Å²) in [6.45, 7) is 0. The molecule has 0 spiro atoms. The Morgan fingerprint density at radius 2 is 1.94 bits per heavy atom. The first-order valence-electron chi connectivity index (χ1n) is 5.09. The van der Waals surface area contributed by atoms with Crippen molar-refractivity contribution in [2.45, 2.75) is 6.42 Å². The standard InChI is InChI=1S/C12H11N3O2/c13-10(16)8-11-14-6-7-15(11)12(17)9-4-2-1-3-5-9/h1-7H,8H2,(H2,13,16). The number of benzene rings is 1. The smallest absolute Gasteiger partial charge is 0.263 e. The summed E-state index contributed by atoms with van der Waals surface area (Å²) in [4.78, 5) is 26.9. The van der Waals surface area contributed by atoms with Crippen LogP contribution in [0.2, 0.25) is 0 Å². The van der Waals surface area contributed by atoms with E-state index in [4.69, 9.17) is 5.73 Å². The Morgan fingerprint density at radius 3 is 2.59 bits per heavy atom. The van der Waals surface area contributed by atoms with Crippen molar-refractivity contribution in [1.29, 1.82) is 0 Å². The van der Waals surface area contributed by atoms with Crippen LogP contribution in [-0.2, 0) is 11.2 Å². The molecule has 86 valence electrons. The fraction of sp³-hybridized carbons (Fsp3) is 0.0833. The van der Waals surface area contributed by atoms with Crippen molar-refractivity contribution in [2.24, 2.45) is 5.73 Å². The highest BCUT2D eigenvalue weighted by molar-refractivity contribution is 5.96. The van der Waals surface area contributed by atoms with Gasteiger partial charge in [-0.1, -0.05) is 18.2 Å². The molecule has 0 unspecified atom stereocenters. The molecule has 0 atom stereocenters. The molecule has 5 nitrogen and oxygen atoms in total. The van der Waals surface area contributed by atoms with Crippen molar-refractivity contribution in [2.75, 3.05) is 0 Å². The van der Waals surface area contributed by atoms with Crippen LogP contribution in [0, 0.1) is 0 Å². The largest absolute Gasteiger partial charge is 0.369 e. The van der Waals surface area contributed by atoms with Gasteiger partial charge in [0.25, 0.3) is 5.91 Å². The van der Waals surface area contributed by atoms with E-state index >= 15 is 0 Å². The maximum Gasteiger partial charge on any atom is 0.263 e. The predicted octanol–water partition coefficient (Wildman–Crippen LogP) is 0.599. The summed E-state index contributed by atoms with van der Waals surface area (Å²) in [5, 5.41) is 0. The lowest BCUT2D eigenvalue weighted by molar-refractivity contribution is -0.117. The van der Waals surface area contributed by atoms with Gasteiger partial charge in [0.15, 0.2) is 0 Å². The van der Waals surface area contributed by atoms with Crippen LogP contribution in [0.15, 0.2) is 42.7 Å². The molecule has 1 aromatic heterocycles. The van der Waals surface area contributed by atoms with Gasteiger partial charge in [0.1, 0.15) is 5.82 Å². The minimum absolute atomic E-state index is 0.0500. The zero-order valence-corrected chi connectivity index (χ0v) is 9.04. The van der Waals surface area contributed by atoms with Crippen molar-refractivity contribution in [3.05, 3.63) is 54.1 Å². The first-order valence-corrected chi connectivity index (χ1v) is 5.09. The second kappa shape index (κ2) is 4.61. The highest BCUT2D eigenvalue weighted by Crippen LogP contribution is 2.06. The summed E-state index contributed by atoms with van der Waals surface area (Å²) in [7, 11) is 0. The van der Waals surface area contributed by atoms with Gasteiger partial charge in [0.05, 0.1) is 6.42 Å². The van der Waals surface area contributed by atoms with Crippen molar-refractivity contribution >= 4 is 11.8 Å². The molecule has 17 heavy (non-hydrogen) atoms.